The van der Waals surface area contributed by atoms with E-state index in [0.717, 1.165) is 11.4 Å². The number of nitrogens with one attached hydrogen (secondary N) is 1. The van der Waals surface area contributed by atoms with E-state index in [9.17, 15) is 5.11 Å². The Kier molecular flexibility index (Phi) is 5.75. The Labute approximate surface area is 132 Å². The quantitative estimate of drug-likeness (QED) is 0.601. The van der Waals surface area contributed by atoms with Crippen LogP contribution in [0.15, 0.2) is 73.3 Å². The fourth-order valence-corrected chi connectivity index (χ4v) is 2.28. The van der Waals surface area contributed by atoms with Crippen molar-refractivity contribution >= 4 is 11.4 Å². The molecule has 0 spiro atoms. The van der Waals surface area contributed by atoms with Crippen molar-refractivity contribution in [3.63, 3.8) is 0 Å². The minimum absolute atomic E-state index is 0.142. The third-order valence-corrected chi connectivity index (χ3v) is 3.61. The molecule has 0 aromatic heterocycles. The van der Waals surface area contributed by atoms with E-state index in [1.807, 2.05) is 79.5 Å². The average Bonchev–Trinajstić information content (AvgIpc) is 2.57. The average molecular weight is 296 g/mol. The summed E-state index contributed by atoms with van der Waals surface area (Å²) >= 11 is 0. The first-order valence-electron chi connectivity index (χ1n) is 7.60. The molecule has 2 rings (SSSR count). The molecule has 0 unspecified atom stereocenters. The fourth-order valence-electron chi connectivity index (χ4n) is 2.28. The lowest BCUT2D eigenvalue weighted by atomic mass is 10.0. The second kappa shape index (κ2) is 7.78. The molecule has 22 heavy (non-hydrogen) atoms. The standard InChI is InChI=1S/C19H24N2O/c1-4-18(19(22)15(2)3)20-21(16-11-7-5-8-12-16)17-13-9-6-10-14-17/h4-15,18-20,22H,1H2,2-3H3/t18-,19+/m0/s1. The van der Waals surface area contributed by atoms with Gasteiger partial charge < -0.3 is 5.11 Å². The van der Waals surface area contributed by atoms with Crippen LogP contribution in [-0.2, 0) is 0 Å². The molecule has 0 aliphatic rings. The first-order chi connectivity index (χ1) is 10.6. The largest absolute Gasteiger partial charge is 0.391 e. The first kappa shape index (κ1) is 16.3. The van der Waals surface area contributed by atoms with Crippen molar-refractivity contribution in [1.82, 2.24) is 5.43 Å². The number of para-hydroxylation sites is 2. The summed E-state index contributed by atoms with van der Waals surface area (Å²) in [6, 6.07) is 19.8. The molecule has 2 N–H and O–H groups in total. The number of hydrogen-bond acceptors (Lipinski definition) is 3. The summed E-state index contributed by atoms with van der Waals surface area (Å²) in [6.45, 7) is 7.85. The van der Waals surface area contributed by atoms with Gasteiger partial charge in [-0.1, -0.05) is 56.3 Å². The van der Waals surface area contributed by atoms with Crippen LogP contribution in [0.4, 0.5) is 11.4 Å². The maximum Gasteiger partial charge on any atom is 0.0769 e. The van der Waals surface area contributed by atoms with Crippen LogP contribution in [0.25, 0.3) is 0 Å². The fraction of sp³-hybridized carbons (Fsp3) is 0.263. The van der Waals surface area contributed by atoms with E-state index in [0.29, 0.717) is 0 Å². The van der Waals surface area contributed by atoms with Crippen molar-refractivity contribution in [2.45, 2.75) is 26.0 Å². The SMILES string of the molecule is C=C[C@H](NN(c1ccccc1)c1ccccc1)[C@H](O)C(C)C. The highest BCUT2D eigenvalue weighted by Gasteiger charge is 2.22. The van der Waals surface area contributed by atoms with Crippen LogP contribution in [0.1, 0.15) is 13.8 Å². The number of hydrogen-bond donors (Lipinski definition) is 2. The zero-order valence-corrected chi connectivity index (χ0v) is 13.2. The van der Waals surface area contributed by atoms with Gasteiger partial charge in [-0.15, -0.1) is 6.58 Å². The predicted molar refractivity (Wildman–Crippen MR) is 93.0 cm³/mol. The first-order valence-corrected chi connectivity index (χ1v) is 7.60. The summed E-state index contributed by atoms with van der Waals surface area (Å²) in [6.07, 6.45) is 1.25. The monoisotopic (exact) mass is 296 g/mol. The van der Waals surface area contributed by atoms with Gasteiger partial charge in [0.15, 0.2) is 0 Å². The Morgan fingerprint density at radius 3 is 1.77 bits per heavy atom. The van der Waals surface area contributed by atoms with Crippen LogP contribution in [0.5, 0.6) is 0 Å². The molecule has 2 atom stereocenters. The molecule has 116 valence electrons. The number of hydrazine groups is 1. The number of aliphatic hydroxyl groups excluding tert-OH is 1. The zero-order chi connectivity index (χ0) is 15.9. The Morgan fingerprint density at radius 2 is 1.41 bits per heavy atom. The van der Waals surface area contributed by atoms with Gasteiger partial charge in [0.2, 0.25) is 0 Å². The van der Waals surface area contributed by atoms with Gasteiger partial charge in [-0.3, -0.25) is 5.01 Å². The van der Waals surface area contributed by atoms with E-state index in [4.69, 9.17) is 0 Å². The van der Waals surface area contributed by atoms with Crippen molar-refractivity contribution in [3.8, 4) is 0 Å². The van der Waals surface area contributed by atoms with Crippen molar-refractivity contribution in [3.05, 3.63) is 73.3 Å². The molecular weight excluding hydrogens is 272 g/mol. The van der Waals surface area contributed by atoms with Crippen molar-refractivity contribution < 1.29 is 5.11 Å². The highest BCUT2D eigenvalue weighted by atomic mass is 16.3. The second-order valence-corrected chi connectivity index (χ2v) is 5.63. The lowest BCUT2D eigenvalue weighted by Gasteiger charge is -2.33. The van der Waals surface area contributed by atoms with Gasteiger partial charge in [0, 0.05) is 0 Å². The van der Waals surface area contributed by atoms with Gasteiger partial charge in [0.05, 0.1) is 23.5 Å². The van der Waals surface area contributed by atoms with Crippen molar-refractivity contribution in [1.29, 1.82) is 0 Å². The van der Waals surface area contributed by atoms with Crippen LogP contribution in [0, 0.1) is 5.92 Å². The number of nitrogens with zero attached hydrogens (tertiary/aromatic N) is 1. The molecule has 0 saturated carbocycles. The van der Waals surface area contributed by atoms with Gasteiger partial charge in [-0.25, -0.2) is 5.43 Å². The van der Waals surface area contributed by atoms with E-state index in [2.05, 4.69) is 12.0 Å². The highest BCUT2D eigenvalue weighted by Crippen LogP contribution is 2.23. The summed E-state index contributed by atoms with van der Waals surface area (Å²) < 4.78 is 0. The van der Waals surface area contributed by atoms with Gasteiger partial charge in [0.25, 0.3) is 0 Å². The zero-order valence-electron chi connectivity index (χ0n) is 13.2. The smallest absolute Gasteiger partial charge is 0.0769 e. The number of rotatable bonds is 7. The molecule has 3 heteroatoms. The molecule has 0 bridgehead atoms. The van der Waals surface area contributed by atoms with Crippen LogP contribution >= 0.6 is 0 Å². The van der Waals surface area contributed by atoms with E-state index in [-0.39, 0.29) is 12.0 Å². The van der Waals surface area contributed by atoms with Crippen molar-refractivity contribution in [2.24, 2.45) is 5.92 Å². The second-order valence-electron chi connectivity index (χ2n) is 5.63. The molecule has 0 aliphatic carbocycles. The third-order valence-electron chi connectivity index (χ3n) is 3.61. The van der Waals surface area contributed by atoms with E-state index in [1.54, 1.807) is 6.08 Å². The van der Waals surface area contributed by atoms with Crippen LogP contribution in [0.3, 0.4) is 0 Å². The van der Waals surface area contributed by atoms with E-state index >= 15 is 0 Å². The lowest BCUT2D eigenvalue weighted by Crippen LogP contribution is -2.48. The lowest BCUT2D eigenvalue weighted by molar-refractivity contribution is 0.0998. The summed E-state index contributed by atoms with van der Waals surface area (Å²) in [4.78, 5) is 0. The van der Waals surface area contributed by atoms with Gasteiger partial charge in [-0.2, -0.15) is 0 Å². The van der Waals surface area contributed by atoms with Crippen LogP contribution in [0.2, 0.25) is 0 Å². The van der Waals surface area contributed by atoms with Gasteiger partial charge in [0.1, 0.15) is 0 Å². The van der Waals surface area contributed by atoms with Crippen LogP contribution in [-0.4, -0.2) is 17.3 Å². The molecule has 3 nitrogen and oxygen atoms in total. The number of aliphatic hydroxyl groups is 1. The summed E-state index contributed by atoms with van der Waals surface area (Å²) in [5, 5.41) is 12.4. The molecule has 2 aromatic rings. The number of anilines is 2. The molecular formula is C19H24N2O. The minimum Gasteiger partial charge on any atom is -0.391 e. The molecule has 0 amide bonds. The molecule has 0 heterocycles. The minimum atomic E-state index is -0.507. The maximum atomic E-state index is 10.4. The molecule has 0 fully saturated rings. The molecule has 2 aromatic carbocycles. The summed E-state index contributed by atoms with van der Waals surface area (Å²) in [7, 11) is 0. The number of benzene rings is 2. The molecule has 0 saturated heterocycles. The Hall–Kier alpha value is -2.10. The highest BCUT2D eigenvalue weighted by molar-refractivity contribution is 5.61. The Balaban J connectivity index is 2.31. The molecule has 0 aliphatic heterocycles. The van der Waals surface area contributed by atoms with E-state index < -0.39 is 6.10 Å². The maximum absolute atomic E-state index is 10.4. The Bertz CT molecular complexity index is 529. The molecule has 0 radical (unpaired) electrons. The Morgan fingerprint density at radius 1 is 0.955 bits per heavy atom. The third kappa shape index (κ3) is 3.97. The van der Waals surface area contributed by atoms with E-state index in [1.165, 1.54) is 0 Å². The van der Waals surface area contributed by atoms with Gasteiger partial charge in [-0.05, 0) is 30.2 Å². The summed E-state index contributed by atoms with van der Waals surface area (Å²) in [5.41, 5.74) is 5.40. The van der Waals surface area contributed by atoms with Crippen molar-refractivity contribution in [2.75, 3.05) is 5.01 Å². The summed E-state index contributed by atoms with van der Waals surface area (Å²) in [5.74, 6) is 0.142. The predicted octanol–water partition coefficient (Wildman–Crippen LogP) is 3.90. The van der Waals surface area contributed by atoms with Gasteiger partial charge >= 0.3 is 0 Å². The normalized spacial score (nSPS) is 13.6. The van der Waals surface area contributed by atoms with Crippen LogP contribution < -0.4 is 10.4 Å². The topological polar surface area (TPSA) is 35.5 Å².